The molecule has 2 amide bonds. The van der Waals surface area contributed by atoms with Gasteiger partial charge in [0.15, 0.2) is 0 Å². The number of hydrogen-bond acceptors (Lipinski definition) is 4. The van der Waals surface area contributed by atoms with Crippen LogP contribution in [0.5, 0.6) is 0 Å². The summed E-state index contributed by atoms with van der Waals surface area (Å²) >= 11 is 0. The molecule has 3 heterocycles. The summed E-state index contributed by atoms with van der Waals surface area (Å²) in [4.78, 5) is 27.0. The Morgan fingerprint density at radius 3 is 2.77 bits per heavy atom. The number of likely N-dealkylation sites (tertiary alicyclic amines) is 1. The number of hydrogen-bond donors (Lipinski definition) is 1. The van der Waals surface area contributed by atoms with Crippen LogP contribution in [0.25, 0.3) is 0 Å². The van der Waals surface area contributed by atoms with E-state index in [9.17, 15) is 9.59 Å². The number of carbonyl (C=O) groups excluding carboxylic acids is 2. The Hall–Kier alpha value is -2.57. The number of furan rings is 1. The number of amides is 2. The number of nitrogens with one attached hydrogen (secondary N) is 1. The number of rotatable bonds is 4. The molecule has 2 fully saturated rings. The Bertz CT molecular complexity index is 762. The van der Waals surface area contributed by atoms with Crippen LogP contribution in [0, 0.1) is 5.92 Å². The number of aromatic nitrogens is 2. The van der Waals surface area contributed by atoms with Gasteiger partial charge in [-0.2, -0.15) is 5.10 Å². The Kier molecular flexibility index (Phi) is 4.77. The molecular weight excluding hydrogens is 332 g/mol. The van der Waals surface area contributed by atoms with Crippen molar-refractivity contribution in [3.8, 4) is 0 Å². The van der Waals surface area contributed by atoms with E-state index < -0.39 is 0 Å². The van der Waals surface area contributed by atoms with Gasteiger partial charge in [0.25, 0.3) is 5.91 Å². The first-order valence-electron chi connectivity index (χ1n) is 9.38. The molecule has 1 saturated carbocycles. The molecule has 26 heavy (non-hydrogen) atoms. The quantitative estimate of drug-likeness (QED) is 0.913. The minimum Gasteiger partial charge on any atom is -0.472 e. The van der Waals surface area contributed by atoms with E-state index in [0.29, 0.717) is 24.7 Å². The largest absolute Gasteiger partial charge is 0.472 e. The lowest BCUT2D eigenvalue weighted by molar-refractivity contribution is -0.121. The Morgan fingerprint density at radius 1 is 1.15 bits per heavy atom. The van der Waals surface area contributed by atoms with Gasteiger partial charge in [-0.15, -0.1) is 0 Å². The van der Waals surface area contributed by atoms with Gasteiger partial charge in [-0.1, -0.05) is 12.8 Å². The molecule has 0 aromatic carbocycles. The second kappa shape index (κ2) is 7.35. The fourth-order valence-corrected chi connectivity index (χ4v) is 4.03. The first-order valence-corrected chi connectivity index (χ1v) is 9.38. The average Bonchev–Trinajstić information content (AvgIpc) is 3.42. The fraction of sp³-hybridized carbons (Fsp3) is 0.526. The van der Waals surface area contributed by atoms with Crippen LogP contribution in [0.2, 0.25) is 0 Å². The van der Waals surface area contributed by atoms with E-state index in [1.165, 1.54) is 25.4 Å². The van der Waals surface area contributed by atoms with Crippen LogP contribution in [-0.4, -0.2) is 39.6 Å². The van der Waals surface area contributed by atoms with Crippen molar-refractivity contribution in [2.24, 2.45) is 5.92 Å². The molecule has 0 unspecified atom stereocenters. The van der Waals surface area contributed by atoms with Crippen LogP contribution in [0.4, 0.5) is 5.82 Å². The van der Waals surface area contributed by atoms with Crippen LogP contribution in [-0.2, 0) is 4.79 Å². The number of carbonyl (C=O) groups is 2. The Morgan fingerprint density at radius 2 is 2.00 bits per heavy atom. The third-order valence-electron chi connectivity index (χ3n) is 5.44. The molecule has 7 heteroatoms. The summed E-state index contributed by atoms with van der Waals surface area (Å²) in [5, 5.41) is 7.44. The maximum absolute atomic E-state index is 12.8. The van der Waals surface area contributed by atoms with Crippen molar-refractivity contribution in [2.45, 2.75) is 44.6 Å². The molecule has 1 saturated heterocycles. The van der Waals surface area contributed by atoms with E-state index in [0.717, 1.165) is 31.5 Å². The van der Waals surface area contributed by atoms with Gasteiger partial charge in [-0.05, 0) is 31.7 Å². The predicted molar refractivity (Wildman–Crippen MR) is 95.7 cm³/mol. The van der Waals surface area contributed by atoms with Gasteiger partial charge < -0.3 is 14.6 Å². The normalized spacial score (nSPS) is 21.1. The van der Waals surface area contributed by atoms with E-state index in [-0.39, 0.29) is 17.7 Å². The van der Waals surface area contributed by atoms with Gasteiger partial charge in [0.05, 0.1) is 30.0 Å². The van der Waals surface area contributed by atoms with Gasteiger partial charge in [-0.25, -0.2) is 4.68 Å². The van der Waals surface area contributed by atoms with Gasteiger partial charge in [0, 0.05) is 19.2 Å². The first-order chi connectivity index (χ1) is 12.7. The highest BCUT2D eigenvalue weighted by molar-refractivity contribution is 5.95. The zero-order valence-electron chi connectivity index (χ0n) is 14.8. The van der Waals surface area contributed by atoms with Crippen molar-refractivity contribution in [1.82, 2.24) is 14.7 Å². The zero-order valence-corrected chi connectivity index (χ0v) is 14.8. The zero-order chi connectivity index (χ0) is 17.9. The molecule has 0 bridgehead atoms. The van der Waals surface area contributed by atoms with Crippen molar-refractivity contribution in [1.29, 1.82) is 0 Å². The summed E-state index contributed by atoms with van der Waals surface area (Å²) in [6.07, 6.45) is 10.9. The van der Waals surface area contributed by atoms with Crippen molar-refractivity contribution in [3.63, 3.8) is 0 Å². The maximum Gasteiger partial charge on any atom is 0.257 e. The third kappa shape index (κ3) is 3.38. The number of anilines is 1. The molecule has 1 aliphatic heterocycles. The first kappa shape index (κ1) is 16.9. The van der Waals surface area contributed by atoms with E-state index in [2.05, 4.69) is 10.4 Å². The number of piperidine rings is 1. The standard InChI is InChI=1S/C19H24N4O3/c24-18(21-17-7-9-20-23(17)16-5-1-2-6-16)14-4-3-10-22(12-14)19(25)15-8-11-26-13-15/h7-9,11,13-14,16H,1-6,10,12H2,(H,21,24)/t14-/m1/s1. The van der Waals surface area contributed by atoms with Gasteiger partial charge >= 0.3 is 0 Å². The van der Waals surface area contributed by atoms with E-state index >= 15 is 0 Å². The lowest BCUT2D eigenvalue weighted by atomic mass is 9.96. The van der Waals surface area contributed by atoms with Crippen molar-refractivity contribution in [3.05, 3.63) is 36.4 Å². The highest BCUT2D eigenvalue weighted by Crippen LogP contribution is 2.31. The average molecular weight is 356 g/mol. The molecule has 2 aliphatic rings. The van der Waals surface area contributed by atoms with Gasteiger partial charge in [0.1, 0.15) is 12.1 Å². The summed E-state index contributed by atoms with van der Waals surface area (Å²) in [6.45, 7) is 1.11. The summed E-state index contributed by atoms with van der Waals surface area (Å²) in [5.74, 6) is 0.452. The SMILES string of the molecule is O=C(Nc1ccnn1C1CCCC1)[C@@H]1CCCN(C(=O)c2ccoc2)C1. The van der Waals surface area contributed by atoms with E-state index in [4.69, 9.17) is 4.42 Å². The second-order valence-electron chi connectivity index (χ2n) is 7.19. The van der Waals surface area contributed by atoms with Gasteiger partial charge in [-0.3, -0.25) is 9.59 Å². The van der Waals surface area contributed by atoms with Crippen LogP contribution in [0.3, 0.4) is 0 Å². The minimum absolute atomic E-state index is 0.0329. The van der Waals surface area contributed by atoms with Crippen molar-refractivity contribution >= 4 is 17.6 Å². The summed E-state index contributed by atoms with van der Waals surface area (Å²) in [5.41, 5.74) is 0.533. The molecule has 1 atom stereocenters. The van der Waals surface area contributed by atoms with Gasteiger partial charge in [0.2, 0.25) is 5.91 Å². The fourth-order valence-electron chi connectivity index (χ4n) is 4.03. The summed E-state index contributed by atoms with van der Waals surface area (Å²) in [6, 6.07) is 3.89. The maximum atomic E-state index is 12.8. The van der Waals surface area contributed by atoms with Crippen LogP contribution in [0.1, 0.15) is 54.9 Å². The highest BCUT2D eigenvalue weighted by Gasteiger charge is 2.30. The molecule has 138 valence electrons. The molecule has 0 spiro atoms. The van der Waals surface area contributed by atoms with E-state index in [1.54, 1.807) is 17.2 Å². The lowest BCUT2D eigenvalue weighted by Crippen LogP contribution is -2.43. The van der Waals surface area contributed by atoms with E-state index in [1.807, 2.05) is 10.7 Å². The van der Waals surface area contributed by atoms with Crippen molar-refractivity contribution < 1.29 is 14.0 Å². The Labute approximate surface area is 152 Å². The van der Waals surface area contributed by atoms with Crippen molar-refractivity contribution in [2.75, 3.05) is 18.4 Å². The molecule has 1 N–H and O–H groups in total. The monoisotopic (exact) mass is 356 g/mol. The summed E-state index contributed by atoms with van der Waals surface area (Å²) < 4.78 is 6.94. The van der Waals surface area contributed by atoms with Crippen LogP contribution in [0.15, 0.2) is 35.3 Å². The second-order valence-corrected chi connectivity index (χ2v) is 7.19. The van der Waals surface area contributed by atoms with Crippen LogP contribution >= 0.6 is 0 Å². The molecule has 4 rings (SSSR count). The summed E-state index contributed by atoms with van der Waals surface area (Å²) in [7, 11) is 0. The molecule has 0 radical (unpaired) electrons. The molecule has 1 aliphatic carbocycles. The highest BCUT2D eigenvalue weighted by atomic mass is 16.3. The van der Waals surface area contributed by atoms with Crippen LogP contribution < -0.4 is 5.32 Å². The smallest absolute Gasteiger partial charge is 0.257 e. The third-order valence-corrected chi connectivity index (χ3v) is 5.44. The number of nitrogens with zero attached hydrogens (tertiary/aromatic N) is 3. The lowest BCUT2D eigenvalue weighted by Gasteiger charge is -2.31. The topological polar surface area (TPSA) is 80.4 Å². The minimum atomic E-state index is -0.202. The molecular formula is C19H24N4O3. The molecule has 2 aromatic rings. The molecule has 7 nitrogen and oxygen atoms in total. The predicted octanol–water partition coefficient (Wildman–Crippen LogP) is 3.08. The Balaban J connectivity index is 1.40. The molecule has 2 aromatic heterocycles.